The second-order valence-corrected chi connectivity index (χ2v) is 6.29. The highest BCUT2D eigenvalue weighted by Gasteiger charge is 2.71. The Hall–Kier alpha value is -1.88. The van der Waals surface area contributed by atoms with Gasteiger partial charge in [0.25, 0.3) is 0 Å². The van der Waals surface area contributed by atoms with Crippen molar-refractivity contribution >= 4 is 6.08 Å². The van der Waals surface area contributed by atoms with Crippen molar-refractivity contribution in [2.24, 2.45) is 0 Å². The standard InChI is InChI=1S/C16H12F12/c1-4-8-5-9(11(2,13(17,18)19)14(20,21)22)7-10(6-8)12(3,15(23,24)25)16(26,27)28/h4-7H,1H2,2-3H3. The maximum absolute atomic E-state index is 13.2. The van der Waals surface area contributed by atoms with Gasteiger partial charge in [0.05, 0.1) is 0 Å². The Kier molecular flexibility index (Phi) is 5.68. The molecule has 160 valence electrons. The molecule has 0 spiro atoms. The summed E-state index contributed by atoms with van der Waals surface area (Å²) in [5, 5.41) is 0. The number of benzene rings is 1. The Bertz CT molecular complexity index is 646. The van der Waals surface area contributed by atoms with E-state index in [1.54, 1.807) is 0 Å². The van der Waals surface area contributed by atoms with Crippen LogP contribution in [0.2, 0.25) is 0 Å². The Morgan fingerprint density at radius 3 is 1.00 bits per heavy atom. The van der Waals surface area contributed by atoms with Crippen LogP contribution >= 0.6 is 0 Å². The van der Waals surface area contributed by atoms with Crippen LogP contribution in [0.5, 0.6) is 0 Å². The first kappa shape index (κ1) is 24.2. The van der Waals surface area contributed by atoms with Crippen molar-refractivity contribution in [1.82, 2.24) is 0 Å². The highest BCUT2D eigenvalue weighted by molar-refractivity contribution is 5.54. The molecule has 1 aromatic rings. The summed E-state index contributed by atoms with van der Waals surface area (Å²) in [4.78, 5) is 0. The molecule has 1 rings (SSSR count). The second-order valence-electron chi connectivity index (χ2n) is 6.29. The molecular weight excluding hydrogens is 420 g/mol. The van der Waals surface area contributed by atoms with E-state index in [9.17, 15) is 52.7 Å². The lowest BCUT2D eigenvalue weighted by Gasteiger charge is -2.38. The van der Waals surface area contributed by atoms with Crippen molar-refractivity contribution in [3.05, 3.63) is 41.5 Å². The van der Waals surface area contributed by atoms with Gasteiger partial charge in [-0.15, -0.1) is 0 Å². The largest absolute Gasteiger partial charge is 0.406 e. The maximum Gasteiger partial charge on any atom is 0.406 e. The molecule has 12 heteroatoms. The van der Waals surface area contributed by atoms with Gasteiger partial charge in [-0.1, -0.05) is 30.9 Å². The van der Waals surface area contributed by atoms with E-state index in [2.05, 4.69) is 6.58 Å². The third-order valence-corrected chi connectivity index (χ3v) is 4.61. The van der Waals surface area contributed by atoms with Gasteiger partial charge in [0.15, 0.2) is 10.8 Å². The molecule has 28 heavy (non-hydrogen) atoms. The highest BCUT2D eigenvalue weighted by atomic mass is 19.4. The summed E-state index contributed by atoms with van der Waals surface area (Å²) < 4.78 is 159. The van der Waals surface area contributed by atoms with Crippen LogP contribution < -0.4 is 0 Å². The predicted molar refractivity (Wildman–Crippen MR) is 75.5 cm³/mol. The number of rotatable bonds is 3. The number of hydrogen-bond donors (Lipinski definition) is 0. The highest BCUT2D eigenvalue weighted by Crippen LogP contribution is 2.55. The molecule has 0 saturated heterocycles. The van der Waals surface area contributed by atoms with Gasteiger partial charge in [-0.2, -0.15) is 52.7 Å². The molecule has 0 bridgehead atoms. The SMILES string of the molecule is C=Cc1cc(C(C)(C(F)(F)F)C(F)(F)F)cc(C(C)(C(F)(F)F)C(F)(F)F)c1. The third-order valence-electron chi connectivity index (χ3n) is 4.61. The summed E-state index contributed by atoms with van der Waals surface area (Å²) in [6.45, 7) is 2.27. The third kappa shape index (κ3) is 3.57. The van der Waals surface area contributed by atoms with Crippen LogP contribution in [0.3, 0.4) is 0 Å². The van der Waals surface area contributed by atoms with Crippen LogP contribution in [0.4, 0.5) is 52.7 Å². The van der Waals surface area contributed by atoms with Crippen molar-refractivity contribution in [3.8, 4) is 0 Å². The molecule has 0 aliphatic rings. The first-order valence-corrected chi connectivity index (χ1v) is 7.20. The summed E-state index contributed by atoms with van der Waals surface area (Å²) in [5.41, 5.74) is -13.8. The molecule has 0 fully saturated rings. The van der Waals surface area contributed by atoms with E-state index in [1.165, 1.54) is 0 Å². The van der Waals surface area contributed by atoms with Crippen LogP contribution in [0.1, 0.15) is 30.5 Å². The van der Waals surface area contributed by atoms with Gasteiger partial charge >= 0.3 is 24.7 Å². The van der Waals surface area contributed by atoms with Gasteiger partial charge in [-0.25, -0.2) is 0 Å². The maximum atomic E-state index is 13.2. The molecule has 0 saturated carbocycles. The molecular formula is C16H12F12. The van der Waals surface area contributed by atoms with Crippen LogP contribution in [0, 0.1) is 0 Å². The predicted octanol–water partition coefficient (Wildman–Crippen LogP) is 7.09. The van der Waals surface area contributed by atoms with E-state index in [0.717, 1.165) is 0 Å². The molecule has 0 amide bonds. The smallest absolute Gasteiger partial charge is 0.170 e. The normalized spacial score (nSPS) is 14.9. The Morgan fingerprint density at radius 1 is 0.571 bits per heavy atom. The summed E-state index contributed by atoms with van der Waals surface area (Å²) in [6, 6.07) is 0.0320. The number of hydrogen-bond acceptors (Lipinski definition) is 0. The molecule has 0 aliphatic heterocycles. The Balaban J connectivity index is 4.04. The minimum Gasteiger partial charge on any atom is -0.170 e. The molecule has 0 nitrogen and oxygen atoms in total. The van der Waals surface area contributed by atoms with Gasteiger partial charge in [-0.05, 0) is 30.5 Å². The molecule has 1 aromatic carbocycles. The summed E-state index contributed by atoms with van der Waals surface area (Å²) in [7, 11) is 0. The molecule has 0 heterocycles. The summed E-state index contributed by atoms with van der Waals surface area (Å²) >= 11 is 0. The van der Waals surface area contributed by atoms with Gasteiger partial charge in [0.1, 0.15) is 0 Å². The average molecular weight is 432 g/mol. The minimum absolute atomic E-state index is 0.199. The van der Waals surface area contributed by atoms with E-state index >= 15 is 0 Å². The van der Waals surface area contributed by atoms with E-state index in [4.69, 9.17) is 0 Å². The lowest BCUT2D eigenvalue weighted by atomic mass is 9.74. The van der Waals surface area contributed by atoms with Crippen LogP contribution in [0.25, 0.3) is 6.08 Å². The van der Waals surface area contributed by atoms with Crippen LogP contribution in [0.15, 0.2) is 24.8 Å². The minimum atomic E-state index is -6.06. The van der Waals surface area contributed by atoms with Crippen molar-refractivity contribution in [1.29, 1.82) is 0 Å². The van der Waals surface area contributed by atoms with Crippen LogP contribution in [-0.4, -0.2) is 24.7 Å². The van der Waals surface area contributed by atoms with Crippen molar-refractivity contribution in [2.45, 2.75) is 49.4 Å². The zero-order valence-corrected chi connectivity index (χ0v) is 14.1. The number of halogens is 12. The van der Waals surface area contributed by atoms with E-state index in [1.807, 2.05) is 0 Å². The summed E-state index contributed by atoms with van der Waals surface area (Å²) in [5.74, 6) is 0. The molecule has 0 N–H and O–H groups in total. The molecule has 0 aliphatic carbocycles. The van der Waals surface area contributed by atoms with Crippen molar-refractivity contribution < 1.29 is 52.7 Å². The average Bonchev–Trinajstić information content (AvgIpc) is 2.48. The second kappa shape index (κ2) is 6.58. The first-order valence-electron chi connectivity index (χ1n) is 7.20. The van der Waals surface area contributed by atoms with E-state index in [-0.39, 0.29) is 32.0 Å². The Labute approximate surface area is 150 Å². The monoisotopic (exact) mass is 432 g/mol. The van der Waals surface area contributed by atoms with Crippen molar-refractivity contribution in [2.75, 3.05) is 0 Å². The Morgan fingerprint density at radius 2 is 0.821 bits per heavy atom. The van der Waals surface area contributed by atoms with E-state index < -0.39 is 52.2 Å². The lowest BCUT2D eigenvalue weighted by Crippen LogP contribution is -2.53. The van der Waals surface area contributed by atoms with Crippen LogP contribution in [-0.2, 0) is 10.8 Å². The zero-order chi connectivity index (χ0) is 22.6. The topological polar surface area (TPSA) is 0 Å². The molecule has 0 radical (unpaired) electrons. The van der Waals surface area contributed by atoms with Crippen molar-refractivity contribution in [3.63, 3.8) is 0 Å². The van der Waals surface area contributed by atoms with Gasteiger partial charge < -0.3 is 0 Å². The van der Waals surface area contributed by atoms with Gasteiger partial charge in [0, 0.05) is 0 Å². The first-order chi connectivity index (χ1) is 12.1. The fraction of sp³-hybridized carbons (Fsp3) is 0.500. The molecule has 0 aromatic heterocycles. The lowest BCUT2D eigenvalue weighted by molar-refractivity contribution is -0.298. The van der Waals surface area contributed by atoms with E-state index in [0.29, 0.717) is 6.08 Å². The zero-order valence-electron chi connectivity index (χ0n) is 14.1. The fourth-order valence-corrected chi connectivity index (χ4v) is 2.32. The fourth-order valence-electron chi connectivity index (χ4n) is 2.32. The molecule has 0 unspecified atom stereocenters. The quantitative estimate of drug-likeness (QED) is 0.447. The molecule has 0 atom stereocenters. The number of alkyl halides is 12. The summed E-state index contributed by atoms with van der Waals surface area (Å²) in [6.07, 6.45) is -23.7. The van der Waals surface area contributed by atoms with Gasteiger partial charge in [0.2, 0.25) is 0 Å². The van der Waals surface area contributed by atoms with Gasteiger partial charge in [-0.3, -0.25) is 0 Å².